The average molecular weight is 616 g/mol. The van der Waals surface area contributed by atoms with Crippen molar-refractivity contribution in [3.8, 4) is 5.88 Å². The van der Waals surface area contributed by atoms with Gasteiger partial charge in [-0.1, -0.05) is 48.5 Å². The number of aromatic hydroxyl groups is 1. The Morgan fingerprint density at radius 2 is 1.70 bits per heavy atom. The van der Waals surface area contributed by atoms with Crippen molar-refractivity contribution in [2.24, 2.45) is 4.99 Å². The van der Waals surface area contributed by atoms with Crippen LogP contribution >= 0.6 is 0 Å². The first-order valence-corrected chi connectivity index (χ1v) is 15.3. The lowest BCUT2D eigenvalue weighted by atomic mass is 9.84. The maximum absolute atomic E-state index is 13.0. The van der Waals surface area contributed by atoms with Crippen molar-refractivity contribution in [2.45, 2.75) is 58.5 Å². The molecule has 1 aliphatic rings. The van der Waals surface area contributed by atoms with Crippen LogP contribution in [0, 0.1) is 0 Å². The molecule has 0 unspecified atom stereocenters. The average Bonchev–Trinajstić information content (AvgIpc) is 3.60. The van der Waals surface area contributed by atoms with Crippen molar-refractivity contribution >= 4 is 45.9 Å². The summed E-state index contributed by atoms with van der Waals surface area (Å²) in [5.74, 6) is -0.441. The summed E-state index contributed by atoms with van der Waals surface area (Å²) in [6.07, 6.45) is 5.70. The summed E-state index contributed by atoms with van der Waals surface area (Å²) in [5.41, 5.74) is 4.84. The fourth-order valence-corrected chi connectivity index (χ4v) is 5.44. The standard InChI is InChI=1S/C37H37N5O4/c1-36(2,3)46-35(45)37(4,5)23-15-17-24(18-16-23)38-31(22-11-7-6-8-12-22)30-26-20-19-25(21-29(26)42-33(30)43)39-34(44)32-40-27-13-9-10-14-28(27)41-32/h6-9,11-13,15-21,42-43H,10,14H2,1-5H3,(H,39,44)(H,40,41). The normalized spacial score (nSPS) is 13.5. The van der Waals surface area contributed by atoms with E-state index in [0.29, 0.717) is 28.2 Å². The summed E-state index contributed by atoms with van der Waals surface area (Å²) >= 11 is 0. The molecule has 0 radical (unpaired) electrons. The minimum absolute atomic E-state index is 0.0470. The number of hydrogen-bond donors (Lipinski definition) is 4. The van der Waals surface area contributed by atoms with E-state index < -0.39 is 11.0 Å². The maximum atomic E-state index is 13.0. The number of aliphatic imine (C=N–C) groups is 1. The molecule has 4 N–H and O–H groups in total. The topological polar surface area (TPSA) is 132 Å². The lowest BCUT2D eigenvalue weighted by Crippen LogP contribution is -2.36. The molecule has 3 aromatic carbocycles. The Kier molecular flexibility index (Phi) is 7.85. The summed E-state index contributed by atoms with van der Waals surface area (Å²) in [5, 5.41) is 14.8. The van der Waals surface area contributed by atoms with Crippen LogP contribution < -0.4 is 5.32 Å². The van der Waals surface area contributed by atoms with Gasteiger partial charge in [0.25, 0.3) is 5.91 Å². The Labute approximate surface area is 267 Å². The second-order valence-corrected chi connectivity index (χ2v) is 13.0. The van der Waals surface area contributed by atoms with Gasteiger partial charge >= 0.3 is 5.97 Å². The van der Waals surface area contributed by atoms with Crippen molar-refractivity contribution in [1.82, 2.24) is 15.0 Å². The Hall–Kier alpha value is -5.44. The molecule has 0 fully saturated rings. The molecule has 46 heavy (non-hydrogen) atoms. The number of nitrogens with one attached hydrogen (secondary N) is 3. The molecular weight excluding hydrogens is 578 g/mol. The van der Waals surface area contributed by atoms with Gasteiger partial charge in [-0.15, -0.1) is 0 Å². The lowest BCUT2D eigenvalue weighted by Gasteiger charge is -2.28. The molecule has 9 heteroatoms. The number of amides is 1. The lowest BCUT2D eigenvalue weighted by molar-refractivity contribution is -0.160. The number of aryl methyl sites for hydroxylation is 1. The molecule has 0 aliphatic heterocycles. The number of ether oxygens (including phenoxy) is 1. The zero-order valence-corrected chi connectivity index (χ0v) is 26.6. The van der Waals surface area contributed by atoms with E-state index >= 15 is 0 Å². The molecule has 0 atom stereocenters. The molecule has 0 spiro atoms. The van der Waals surface area contributed by atoms with E-state index in [9.17, 15) is 14.7 Å². The first kappa shape index (κ1) is 30.6. The zero-order chi connectivity index (χ0) is 32.6. The van der Waals surface area contributed by atoms with Gasteiger partial charge in [0, 0.05) is 22.3 Å². The van der Waals surface area contributed by atoms with Crippen molar-refractivity contribution in [3.05, 3.63) is 113 Å². The fraction of sp³-hybridized carbons (Fsp3) is 0.243. The molecule has 6 rings (SSSR count). The smallest absolute Gasteiger partial charge is 0.316 e. The van der Waals surface area contributed by atoms with Crippen LogP contribution in [0.15, 0.2) is 83.9 Å². The highest BCUT2D eigenvalue weighted by Crippen LogP contribution is 2.34. The summed E-state index contributed by atoms with van der Waals surface area (Å²) in [7, 11) is 0. The number of hydrogen-bond acceptors (Lipinski definition) is 6. The SMILES string of the molecule is CC(C)(C)OC(=O)C(C)(C)c1ccc(N=C(c2ccccc2)c2c(O)[nH]c3cc(NC(=O)c4nc5c([nH]4)CCC=C5)ccc23)cc1. The molecule has 1 amide bonds. The third-order valence-electron chi connectivity index (χ3n) is 7.92. The van der Waals surface area contributed by atoms with Gasteiger partial charge in [0.05, 0.1) is 33.6 Å². The quantitative estimate of drug-likeness (QED) is 0.111. The molecular formula is C37H37N5O4. The minimum Gasteiger partial charge on any atom is -0.494 e. The van der Waals surface area contributed by atoms with Crippen LogP contribution in [0.4, 0.5) is 11.4 Å². The second kappa shape index (κ2) is 11.8. The molecule has 9 nitrogen and oxygen atoms in total. The van der Waals surface area contributed by atoms with Gasteiger partial charge < -0.3 is 25.1 Å². The Morgan fingerprint density at radius 3 is 2.39 bits per heavy atom. The Balaban J connectivity index is 1.32. The highest BCUT2D eigenvalue weighted by molar-refractivity contribution is 6.22. The van der Waals surface area contributed by atoms with E-state index in [-0.39, 0.29) is 23.6 Å². The molecule has 5 aromatic rings. The first-order chi connectivity index (χ1) is 21.9. The van der Waals surface area contributed by atoms with E-state index in [1.54, 1.807) is 12.1 Å². The van der Waals surface area contributed by atoms with E-state index in [4.69, 9.17) is 9.73 Å². The van der Waals surface area contributed by atoms with E-state index in [2.05, 4.69) is 20.3 Å². The number of H-pyrrole nitrogens is 2. The Bertz CT molecular complexity index is 1990. The molecule has 1 aliphatic carbocycles. The predicted octanol–water partition coefficient (Wildman–Crippen LogP) is 7.60. The Morgan fingerprint density at radius 1 is 0.957 bits per heavy atom. The van der Waals surface area contributed by atoms with Crippen molar-refractivity contribution < 1.29 is 19.4 Å². The van der Waals surface area contributed by atoms with E-state index in [1.165, 1.54) is 0 Å². The van der Waals surface area contributed by atoms with Gasteiger partial charge in [-0.25, -0.2) is 9.98 Å². The van der Waals surface area contributed by atoms with Gasteiger partial charge in [0.15, 0.2) is 11.7 Å². The number of fused-ring (bicyclic) bond motifs is 2. The van der Waals surface area contributed by atoms with Gasteiger partial charge in [-0.05, 0) is 89.4 Å². The van der Waals surface area contributed by atoms with Crippen LogP contribution in [-0.4, -0.2) is 43.2 Å². The molecule has 0 saturated heterocycles. The number of allylic oxidation sites excluding steroid dienone is 1. The molecule has 0 saturated carbocycles. The van der Waals surface area contributed by atoms with Gasteiger partial charge in [-0.2, -0.15) is 0 Å². The van der Waals surface area contributed by atoms with Gasteiger partial charge in [0.1, 0.15) is 5.60 Å². The number of imidazole rings is 1. The number of rotatable bonds is 7. The first-order valence-electron chi connectivity index (χ1n) is 15.3. The van der Waals surface area contributed by atoms with Crippen LogP contribution in [0.2, 0.25) is 0 Å². The van der Waals surface area contributed by atoms with Crippen LogP contribution in [0.3, 0.4) is 0 Å². The van der Waals surface area contributed by atoms with E-state index in [1.807, 2.05) is 107 Å². The number of carbonyl (C=O) groups excluding carboxylic acids is 2. The highest BCUT2D eigenvalue weighted by Gasteiger charge is 2.34. The number of carbonyl (C=O) groups is 2. The van der Waals surface area contributed by atoms with Crippen LogP contribution in [0.1, 0.15) is 79.7 Å². The van der Waals surface area contributed by atoms with Crippen LogP contribution in [0.25, 0.3) is 17.0 Å². The fourth-order valence-electron chi connectivity index (χ4n) is 5.44. The number of esters is 1. The summed E-state index contributed by atoms with van der Waals surface area (Å²) in [4.78, 5) is 41.5. The van der Waals surface area contributed by atoms with Crippen LogP contribution in [0.5, 0.6) is 5.88 Å². The number of aromatic amines is 2. The third kappa shape index (κ3) is 6.21. The summed E-state index contributed by atoms with van der Waals surface area (Å²) in [6, 6.07) is 22.5. The van der Waals surface area contributed by atoms with E-state index in [0.717, 1.165) is 40.7 Å². The minimum atomic E-state index is -0.854. The summed E-state index contributed by atoms with van der Waals surface area (Å²) in [6.45, 7) is 9.24. The maximum Gasteiger partial charge on any atom is 0.316 e. The van der Waals surface area contributed by atoms with Crippen molar-refractivity contribution in [2.75, 3.05) is 5.32 Å². The van der Waals surface area contributed by atoms with Crippen molar-refractivity contribution in [3.63, 3.8) is 0 Å². The third-order valence-corrected chi connectivity index (χ3v) is 7.92. The van der Waals surface area contributed by atoms with Crippen LogP contribution in [-0.2, 0) is 21.4 Å². The monoisotopic (exact) mass is 615 g/mol. The molecule has 2 heterocycles. The van der Waals surface area contributed by atoms with Gasteiger partial charge in [-0.3, -0.25) is 9.59 Å². The largest absolute Gasteiger partial charge is 0.494 e. The zero-order valence-electron chi connectivity index (χ0n) is 26.6. The number of aromatic nitrogens is 3. The van der Waals surface area contributed by atoms with Crippen molar-refractivity contribution in [1.29, 1.82) is 0 Å². The predicted molar refractivity (Wildman–Crippen MR) is 181 cm³/mol. The number of nitrogens with zero attached hydrogens (tertiary/aromatic N) is 2. The molecule has 2 aromatic heterocycles. The summed E-state index contributed by atoms with van der Waals surface area (Å²) < 4.78 is 5.65. The molecule has 0 bridgehead atoms. The molecule has 234 valence electrons. The second-order valence-electron chi connectivity index (χ2n) is 13.0. The highest BCUT2D eigenvalue weighted by atomic mass is 16.6. The number of anilines is 1. The number of benzene rings is 3. The van der Waals surface area contributed by atoms with Gasteiger partial charge in [0.2, 0.25) is 0 Å².